The Morgan fingerprint density at radius 3 is 2.05 bits per heavy atom. The topological polar surface area (TPSA) is 38.3 Å². The zero-order chi connectivity index (χ0) is 15.3. The predicted molar refractivity (Wildman–Crippen MR) is 86.3 cm³/mol. The van der Waals surface area contributed by atoms with Gasteiger partial charge >= 0.3 is 0 Å². The number of rotatable bonds is 12. The van der Waals surface area contributed by atoms with Crippen LogP contribution in [0.4, 0.5) is 0 Å². The van der Waals surface area contributed by atoms with E-state index in [1.54, 1.807) is 0 Å². The average molecular weight is 306 g/mol. The van der Waals surface area contributed by atoms with Crippen molar-refractivity contribution in [2.24, 2.45) is 5.41 Å². The number of nitrogens with one attached hydrogen (secondary N) is 1. The summed E-state index contributed by atoms with van der Waals surface area (Å²) in [5.41, 5.74) is -0.316. The van der Waals surface area contributed by atoms with Crippen molar-refractivity contribution in [2.75, 3.05) is 25.6 Å². The Morgan fingerprint density at radius 1 is 0.950 bits per heavy atom. The summed E-state index contributed by atoms with van der Waals surface area (Å²) in [6.45, 7) is 7.75. The monoisotopic (exact) mass is 305 g/mol. The van der Waals surface area contributed by atoms with Crippen LogP contribution in [0, 0.1) is 5.41 Å². The molecular weight excluding hydrogens is 274 g/mol. The first-order valence-electron chi connectivity index (χ1n) is 7.90. The van der Waals surface area contributed by atoms with Crippen LogP contribution in [0.1, 0.15) is 65.7 Å². The van der Waals surface area contributed by atoms with Gasteiger partial charge in [0.2, 0.25) is 5.91 Å². The lowest BCUT2D eigenvalue weighted by Crippen LogP contribution is -2.36. The van der Waals surface area contributed by atoms with Gasteiger partial charge in [0, 0.05) is 24.4 Å². The zero-order valence-electron chi connectivity index (χ0n) is 13.5. The van der Waals surface area contributed by atoms with Crippen LogP contribution in [0.25, 0.3) is 0 Å². The molecule has 0 saturated carbocycles. The van der Waals surface area contributed by atoms with Crippen LogP contribution in [0.5, 0.6) is 0 Å². The third-order valence-corrected chi connectivity index (χ3v) is 3.40. The second-order valence-corrected chi connectivity index (χ2v) is 6.66. The zero-order valence-corrected chi connectivity index (χ0v) is 14.2. The number of unbranched alkanes of at least 4 members (excludes halogenated alkanes) is 6. The maximum atomic E-state index is 11.6. The van der Waals surface area contributed by atoms with E-state index in [1.807, 2.05) is 20.8 Å². The van der Waals surface area contributed by atoms with Crippen LogP contribution >= 0.6 is 11.6 Å². The SMILES string of the molecule is CC(C)(C)C(=O)NCCOCCCCCCCCCCl. The number of carbonyl (C=O) groups is 1. The van der Waals surface area contributed by atoms with Crippen LogP contribution in [0.2, 0.25) is 0 Å². The van der Waals surface area contributed by atoms with Crippen molar-refractivity contribution in [2.45, 2.75) is 65.7 Å². The van der Waals surface area contributed by atoms with Crippen LogP contribution in [0.15, 0.2) is 0 Å². The van der Waals surface area contributed by atoms with Gasteiger partial charge in [0.1, 0.15) is 0 Å². The summed E-state index contributed by atoms with van der Waals surface area (Å²) in [4.78, 5) is 11.6. The summed E-state index contributed by atoms with van der Waals surface area (Å²) in [7, 11) is 0. The van der Waals surface area contributed by atoms with Crippen LogP contribution in [0.3, 0.4) is 0 Å². The molecule has 3 nitrogen and oxygen atoms in total. The van der Waals surface area contributed by atoms with Gasteiger partial charge < -0.3 is 10.1 Å². The fraction of sp³-hybridized carbons (Fsp3) is 0.938. The molecular formula is C16H32ClNO2. The maximum Gasteiger partial charge on any atom is 0.225 e. The lowest BCUT2D eigenvalue weighted by molar-refractivity contribution is -0.128. The van der Waals surface area contributed by atoms with Crippen molar-refractivity contribution in [1.29, 1.82) is 0 Å². The summed E-state index contributed by atoms with van der Waals surface area (Å²) in [5, 5.41) is 2.88. The molecule has 120 valence electrons. The summed E-state index contributed by atoms with van der Waals surface area (Å²) in [6.07, 6.45) is 8.63. The van der Waals surface area contributed by atoms with Gasteiger partial charge in [-0.3, -0.25) is 4.79 Å². The highest BCUT2D eigenvalue weighted by Gasteiger charge is 2.20. The molecule has 0 saturated heterocycles. The van der Waals surface area contributed by atoms with Gasteiger partial charge in [-0.2, -0.15) is 0 Å². The number of carbonyl (C=O) groups excluding carboxylic acids is 1. The van der Waals surface area contributed by atoms with Crippen molar-refractivity contribution >= 4 is 17.5 Å². The largest absolute Gasteiger partial charge is 0.380 e. The second kappa shape index (κ2) is 12.5. The van der Waals surface area contributed by atoms with Crippen molar-refractivity contribution in [3.8, 4) is 0 Å². The van der Waals surface area contributed by atoms with E-state index < -0.39 is 0 Å². The minimum atomic E-state index is -0.316. The Hall–Kier alpha value is -0.280. The fourth-order valence-electron chi connectivity index (χ4n) is 1.79. The quantitative estimate of drug-likeness (QED) is 0.435. The van der Waals surface area contributed by atoms with Gasteiger partial charge in [0.25, 0.3) is 0 Å². The molecule has 0 bridgehead atoms. The maximum absolute atomic E-state index is 11.6. The molecule has 0 unspecified atom stereocenters. The molecule has 0 heterocycles. The van der Waals surface area contributed by atoms with E-state index in [4.69, 9.17) is 16.3 Å². The lowest BCUT2D eigenvalue weighted by Gasteiger charge is -2.17. The minimum absolute atomic E-state index is 0.0815. The molecule has 1 N–H and O–H groups in total. The molecule has 20 heavy (non-hydrogen) atoms. The van der Waals surface area contributed by atoms with E-state index >= 15 is 0 Å². The second-order valence-electron chi connectivity index (χ2n) is 6.28. The van der Waals surface area contributed by atoms with Crippen molar-refractivity contribution in [3.05, 3.63) is 0 Å². The standard InChI is InChI=1S/C16H32ClNO2/c1-16(2,3)15(19)18-12-14-20-13-10-8-6-4-5-7-9-11-17/h4-14H2,1-3H3,(H,18,19). The number of alkyl halides is 1. The number of ether oxygens (including phenoxy) is 1. The van der Waals surface area contributed by atoms with E-state index in [-0.39, 0.29) is 11.3 Å². The Bertz CT molecular complexity index is 239. The molecule has 0 aliphatic carbocycles. The highest BCUT2D eigenvalue weighted by Crippen LogP contribution is 2.12. The number of halogens is 1. The van der Waals surface area contributed by atoms with E-state index in [9.17, 15) is 4.79 Å². The van der Waals surface area contributed by atoms with Crippen molar-refractivity contribution in [3.63, 3.8) is 0 Å². The normalized spacial score (nSPS) is 11.6. The Labute approximate surface area is 129 Å². The lowest BCUT2D eigenvalue weighted by atomic mass is 9.96. The van der Waals surface area contributed by atoms with Crippen molar-refractivity contribution < 1.29 is 9.53 Å². The molecule has 0 aromatic heterocycles. The molecule has 1 amide bonds. The van der Waals surface area contributed by atoms with Gasteiger partial charge in [-0.1, -0.05) is 52.9 Å². The molecule has 0 aromatic rings. The summed E-state index contributed by atoms with van der Waals surface area (Å²) < 4.78 is 5.51. The smallest absolute Gasteiger partial charge is 0.225 e. The first-order valence-corrected chi connectivity index (χ1v) is 8.44. The van der Waals surface area contributed by atoms with Crippen LogP contribution in [-0.4, -0.2) is 31.5 Å². The Morgan fingerprint density at radius 2 is 1.50 bits per heavy atom. The van der Waals surface area contributed by atoms with Gasteiger partial charge in [0.05, 0.1) is 6.61 Å². The molecule has 0 radical (unpaired) electrons. The summed E-state index contributed by atoms with van der Waals surface area (Å²) in [6, 6.07) is 0. The van der Waals surface area contributed by atoms with Gasteiger partial charge in [-0.25, -0.2) is 0 Å². The molecule has 0 atom stereocenters. The highest BCUT2D eigenvalue weighted by atomic mass is 35.5. The third-order valence-electron chi connectivity index (χ3n) is 3.14. The Kier molecular flexibility index (Phi) is 12.3. The Balaban J connectivity index is 3.16. The molecule has 0 fully saturated rings. The average Bonchev–Trinajstić information content (AvgIpc) is 2.38. The molecule has 0 spiro atoms. The molecule has 0 aromatic carbocycles. The third kappa shape index (κ3) is 12.7. The first kappa shape index (κ1) is 19.7. The van der Waals surface area contributed by atoms with Gasteiger partial charge in [-0.15, -0.1) is 11.6 Å². The fourth-order valence-corrected chi connectivity index (χ4v) is 1.98. The first-order chi connectivity index (χ1) is 9.48. The highest BCUT2D eigenvalue weighted by molar-refractivity contribution is 6.17. The summed E-state index contributed by atoms with van der Waals surface area (Å²) >= 11 is 5.63. The predicted octanol–water partition coefficient (Wildman–Crippen LogP) is 4.13. The van der Waals surface area contributed by atoms with E-state index in [0.29, 0.717) is 13.2 Å². The number of amides is 1. The molecule has 0 aliphatic rings. The number of hydrogen-bond donors (Lipinski definition) is 1. The van der Waals surface area contributed by atoms with E-state index in [2.05, 4.69) is 5.32 Å². The summed E-state index contributed by atoms with van der Waals surface area (Å²) in [5.74, 6) is 0.873. The van der Waals surface area contributed by atoms with E-state index in [1.165, 1.54) is 32.1 Å². The minimum Gasteiger partial charge on any atom is -0.380 e. The van der Waals surface area contributed by atoms with Crippen LogP contribution < -0.4 is 5.32 Å². The molecule has 0 rings (SSSR count). The van der Waals surface area contributed by atoms with Crippen molar-refractivity contribution in [1.82, 2.24) is 5.32 Å². The number of hydrogen-bond acceptors (Lipinski definition) is 2. The van der Waals surface area contributed by atoms with E-state index in [0.717, 1.165) is 25.3 Å². The molecule has 0 aliphatic heterocycles. The van der Waals surface area contributed by atoms with Gasteiger partial charge in [0.15, 0.2) is 0 Å². The van der Waals surface area contributed by atoms with Gasteiger partial charge in [-0.05, 0) is 12.8 Å². The van der Waals surface area contributed by atoms with Crippen LogP contribution in [-0.2, 0) is 9.53 Å². The molecule has 4 heteroatoms.